The summed E-state index contributed by atoms with van der Waals surface area (Å²) in [5.74, 6) is 0.585. The van der Waals surface area contributed by atoms with Crippen LogP contribution < -0.4 is 5.32 Å². The molecule has 0 saturated heterocycles. The average Bonchev–Trinajstić information content (AvgIpc) is 3.07. The van der Waals surface area contributed by atoms with E-state index in [1.165, 1.54) is 12.1 Å². The maximum Gasteiger partial charge on any atom is 0.167 e. The van der Waals surface area contributed by atoms with E-state index >= 15 is 0 Å². The highest BCUT2D eigenvalue weighted by Gasteiger charge is 2.14. The Morgan fingerprint density at radius 2 is 1.92 bits per heavy atom. The Kier molecular flexibility index (Phi) is 4.08. The molecule has 26 heavy (non-hydrogen) atoms. The molecule has 5 nitrogen and oxygen atoms in total. The SMILES string of the molecule is Cc1cc(NC(C)c2ccc(F)cc2)n2ncc(-c3ccccn3)c2n1. The van der Waals surface area contributed by atoms with E-state index in [0.717, 1.165) is 34.0 Å². The van der Waals surface area contributed by atoms with Gasteiger partial charge in [-0.1, -0.05) is 18.2 Å². The number of pyridine rings is 1. The second kappa shape index (κ2) is 6.55. The fourth-order valence-electron chi connectivity index (χ4n) is 2.95. The molecular weight excluding hydrogens is 329 g/mol. The van der Waals surface area contributed by atoms with E-state index in [0.29, 0.717) is 0 Å². The number of hydrogen-bond donors (Lipinski definition) is 1. The molecule has 0 aliphatic heterocycles. The molecule has 0 fully saturated rings. The second-order valence-electron chi connectivity index (χ2n) is 6.21. The lowest BCUT2D eigenvalue weighted by Gasteiger charge is -2.17. The van der Waals surface area contributed by atoms with Crippen molar-refractivity contribution in [1.82, 2.24) is 19.6 Å². The number of fused-ring (bicyclic) bond motifs is 1. The van der Waals surface area contributed by atoms with Gasteiger partial charge in [-0.05, 0) is 43.7 Å². The molecule has 0 spiro atoms. The lowest BCUT2D eigenvalue weighted by atomic mass is 10.1. The molecule has 4 rings (SSSR count). The zero-order chi connectivity index (χ0) is 18.1. The van der Waals surface area contributed by atoms with Crippen molar-refractivity contribution in [2.75, 3.05) is 5.32 Å². The normalized spacial score (nSPS) is 12.3. The molecule has 0 aliphatic rings. The highest BCUT2D eigenvalue weighted by atomic mass is 19.1. The van der Waals surface area contributed by atoms with Crippen molar-refractivity contribution in [2.45, 2.75) is 19.9 Å². The van der Waals surface area contributed by atoms with Crippen LogP contribution in [0.15, 0.2) is 60.9 Å². The smallest absolute Gasteiger partial charge is 0.167 e. The molecule has 6 heteroatoms. The van der Waals surface area contributed by atoms with Crippen molar-refractivity contribution in [3.8, 4) is 11.3 Å². The lowest BCUT2D eigenvalue weighted by molar-refractivity contribution is 0.626. The standard InChI is InChI=1S/C20H18FN5/c1-13-11-19(25-14(2)15-6-8-16(21)9-7-15)26-20(24-13)17(12-23-26)18-5-3-4-10-22-18/h3-12,14,25H,1-2H3. The molecular formula is C20H18FN5. The van der Waals surface area contributed by atoms with Gasteiger partial charge in [0.05, 0.1) is 17.5 Å². The topological polar surface area (TPSA) is 55.1 Å². The Morgan fingerprint density at radius 1 is 1.12 bits per heavy atom. The number of anilines is 1. The van der Waals surface area contributed by atoms with Crippen molar-refractivity contribution < 1.29 is 4.39 Å². The van der Waals surface area contributed by atoms with E-state index in [-0.39, 0.29) is 11.9 Å². The fraction of sp³-hybridized carbons (Fsp3) is 0.150. The van der Waals surface area contributed by atoms with Crippen molar-refractivity contribution in [3.63, 3.8) is 0 Å². The molecule has 3 aromatic heterocycles. The van der Waals surface area contributed by atoms with Gasteiger partial charge in [0, 0.05) is 24.0 Å². The summed E-state index contributed by atoms with van der Waals surface area (Å²) in [5.41, 5.74) is 4.33. The Balaban J connectivity index is 1.74. The molecule has 4 aromatic rings. The molecule has 0 radical (unpaired) electrons. The Bertz CT molecular complexity index is 1040. The van der Waals surface area contributed by atoms with Crippen LogP contribution >= 0.6 is 0 Å². The summed E-state index contributed by atoms with van der Waals surface area (Å²) in [6.45, 7) is 3.97. The second-order valence-corrected chi connectivity index (χ2v) is 6.21. The van der Waals surface area contributed by atoms with Crippen LogP contribution in [0, 0.1) is 12.7 Å². The summed E-state index contributed by atoms with van der Waals surface area (Å²) in [6, 6.07) is 14.2. The summed E-state index contributed by atoms with van der Waals surface area (Å²) in [7, 11) is 0. The zero-order valence-electron chi connectivity index (χ0n) is 14.5. The van der Waals surface area contributed by atoms with Crippen molar-refractivity contribution in [2.24, 2.45) is 0 Å². The summed E-state index contributed by atoms with van der Waals surface area (Å²) < 4.78 is 14.9. The molecule has 1 unspecified atom stereocenters. The molecule has 1 atom stereocenters. The maximum absolute atomic E-state index is 13.2. The summed E-state index contributed by atoms with van der Waals surface area (Å²) in [6.07, 6.45) is 3.53. The monoisotopic (exact) mass is 347 g/mol. The average molecular weight is 347 g/mol. The van der Waals surface area contributed by atoms with Gasteiger partial charge in [-0.2, -0.15) is 9.61 Å². The van der Waals surface area contributed by atoms with Gasteiger partial charge in [0.15, 0.2) is 5.65 Å². The molecule has 0 aliphatic carbocycles. The Hall–Kier alpha value is -3.28. The highest BCUT2D eigenvalue weighted by molar-refractivity contribution is 5.75. The first-order valence-electron chi connectivity index (χ1n) is 8.40. The third kappa shape index (κ3) is 3.01. The molecule has 0 bridgehead atoms. The number of aromatic nitrogens is 4. The van der Waals surface area contributed by atoms with E-state index in [4.69, 9.17) is 0 Å². The number of halogens is 1. The predicted molar refractivity (Wildman–Crippen MR) is 99.4 cm³/mol. The zero-order valence-corrected chi connectivity index (χ0v) is 14.5. The Morgan fingerprint density at radius 3 is 2.65 bits per heavy atom. The number of benzene rings is 1. The number of nitrogens with zero attached hydrogens (tertiary/aromatic N) is 4. The third-order valence-corrected chi connectivity index (χ3v) is 4.28. The van der Waals surface area contributed by atoms with Gasteiger partial charge >= 0.3 is 0 Å². The molecule has 0 amide bonds. The number of nitrogens with one attached hydrogen (secondary N) is 1. The molecule has 3 heterocycles. The van der Waals surface area contributed by atoms with E-state index < -0.39 is 0 Å². The largest absolute Gasteiger partial charge is 0.363 e. The number of rotatable bonds is 4. The first kappa shape index (κ1) is 16.2. The van der Waals surface area contributed by atoms with Crippen molar-refractivity contribution in [3.05, 3.63) is 78.0 Å². The predicted octanol–water partition coefficient (Wildman–Crippen LogP) is 4.41. The highest BCUT2D eigenvalue weighted by Crippen LogP contribution is 2.26. The fourth-order valence-corrected chi connectivity index (χ4v) is 2.95. The summed E-state index contributed by atoms with van der Waals surface area (Å²) in [5, 5.41) is 7.93. The minimum absolute atomic E-state index is 0.0110. The van der Waals surface area contributed by atoms with Crippen molar-refractivity contribution in [1.29, 1.82) is 0 Å². The first-order chi connectivity index (χ1) is 12.6. The van der Waals surface area contributed by atoms with Crippen LogP contribution in [0.1, 0.15) is 24.2 Å². The van der Waals surface area contributed by atoms with Gasteiger partial charge in [0.2, 0.25) is 0 Å². The maximum atomic E-state index is 13.2. The van der Waals surface area contributed by atoms with Crippen LogP contribution in [0.2, 0.25) is 0 Å². The molecule has 1 aromatic carbocycles. The quantitative estimate of drug-likeness (QED) is 0.594. The van der Waals surface area contributed by atoms with Crippen LogP contribution in [0.4, 0.5) is 10.2 Å². The van der Waals surface area contributed by atoms with Gasteiger partial charge in [0.1, 0.15) is 11.6 Å². The van der Waals surface area contributed by atoms with E-state index in [9.17, 15) is 4.39 Å². The Labute approximate surface area is 150 Å². The van der Waals surface area contributed by atoms with Gasteiger partial charge < -0.3 is 5.32 Å². The summed E-state index contributed by atoms with van der Waals surface area (Å²) in [4.78, 5) is 9.03. The van der Waals surface area contributed by atoms with E-state index in [1.807, 2.05) is 38.1 Å². The minimum Gasteiger partial charge on any atom is -0.363 e. The van der Waals surface area contributed by atoms with Crippen LogP contribution in [0.5, 0.6) is 0 Å². The lowest BCUT2D eigenvalue weighted by Crippen LogP contribution is -2.11. The van der Waals surface area contributed by atoms with Crippen LogP contribution in [-0.4, -0.2) is 19.6 Å². The van der Waals surface area contributed by atoms with Gasteiger partial charge in [0.25, 0.3) is 0 Å². The van der Waals surface area contributed by atoms with Gasteiger partial charge in [-0.25, -0.2) is 9.37 Å². The van der Waals surface area contributed by atoms with Crippen LogP contribution in [-0.2, 0) is 0 Å². The van der Waals surface area contributed by atoms with Crippen LogP contribution in [0.25, 0.3) is 16.9 Å². The number of hydrogen-bond acceptors (Lipinski definition) is 4. The number of aryl methyl sites for hydroxylation is 1. The molecule has 130 valence electrons. The van der Waals surface area contributed by atoms with Gasteiger partial charge in [-0.3, -0.25) is 4.98 Å². The van der Waals surface area contributed by atoms with Crippen LogP contribution in [0.3, 0.4) is 0 Å². The first-order valence-corrected chi connectivity index (χ1v) is 8.40. The third-order valence-electron chi connectivity index (χ3n) is 4.28. The van der Waals surface area contributed by atoms with E-state index in [1.54, 1.807) is 29.0 Å². The molecule has 0 saturated carbocycles. The van der Waals surface area contributed by atoms with Gasteiger partial charge in [-0.15, -0.1) is 0 Å². The van der Waals surface area contributed by atoms with E-state index in [2.05, 4.69) is 20.4 Å². The van der Waals surface area contributed by atoms with Crippen molar-refractivity contribution >= 4 is 11.5 Å². The minimum atomic E-state index is -0.241. The molecule has 1 N–H and O–H groups in total. The summed E-state index contributed by atoms with van der Waals surface area (Å²) >= 11 is 0.